The average Bonchev–Trinajstić information content (AvgIpc) is 3.11. The van der Waals surface area contributed by atoms with Crippen LogP contribution in [0.1, 0.15) is 37.4 Å². The summed E-state index contributed by atoms with van der Waals surface area (Å²) >= 11 is 6.04. The number of Topliss-reactive ketones (excluding diaryl/α,β-unsaturated/α-hetero) is 1. The van der Waals surface area contributed by atoms with Crippen LogP contribution in [0.3, 0.4) is 0 Å². The summed E-state index contributed by atoms with van der Waals surface area (Å²) in [6.45, 7) is 2.28. The van der Waals surface area contributed by atoms with Gasteiger partial charge < -0.3 is 4.74 Å². The SMILES string of the molecule is Cc1cc(OCc2ccc(C(=O)N/N=C3/C(=O)c4cccc5cccc3c45)cc2)ccc1Cl. The Kier molecular flexibility index (Phi) is 5.40. The van der Waals surface area contributed by atoms with Gasteiger partial charge in [0, 0.05) is 27.1 Å². The minimum Gasteiger partial charge on any atom is -0.489 e. The Labute approximate surface area is 195 Å². The zero-order valence-electron chi connectivity index (χ0n) is 17.8. The Morgan fingerprint density at radius 2 is 1.70 bits per heavy atom. The van der Waals surface area contributed by atoms with Crippen LogP contribution in [0.15, 0.2) is 84.0 Å². The smallest absolute Gasteiger partial charge is 0.271 e. The molecule has 0 heterocycles. The first-order valence-electron chi connectivity index (χ1n) is 10.4. The molecule has 1 amide bonds. The van der Waals surface area contributed by atoms with Crippen molar-refractivity contribution in [3.05, 3.63) is 112 Å². The molecule has 0 aliphatic heterocycles. The maximum Gasteiger partial charge on any atom is 0.271 e. The van der Waals surface area contributed by atoms with Crippen molar-refractivity contribution in [2.45, 2.75) is 13.5 Å². The second-order valence-electron chi connectivity index (χ2n) is 7.84. The largest absolute Gasteiger partial charge is 0.489 e. The predicted octanol–water partition coefficient (Wildman–Crippen LogP) is 5.71. The van der Waals surface area contributed by atoms with Crippen LogP contribution in [0, 0.1) is 6.92 Å². The van der Waals surface area contributed by atoms with Gasteiger partial charge in [-0.3, -0.25) is 9.59 Å². The summed E-state index contributed by atoms with van der Waals surface area (Å²) < 4.78 is 5.79. The maximum atomic E-state index is 12.8. The van der Waals surface area contributed by atoms with Crippen LogP contribution in [0.25, 0.3) is 10.8 Å². The Bertz CT molecular complexity index is 1440. The van der Waals surface area contributed by atoms with E-state index < -0.39 is 0 Å². The van der Waals surface area contributed by atoms with E-state index in [1.807, 2.05) is 61.5 Å². The highest BCUT2D eigenvalue weighted by atomic mass is 35.5. The van der Waals surface area contributed by atoms with Gasteiger partial charge in [-0.15, -0.1) is 0 Å². The highest BCUT2D eigenvalue weighted by Crippen LogP contribution is 2.30. The van der Waals surface area contributed by atoms with Crippen molar-refractivity contribution < 1.29 is 14.3 Å². The minimum atomic E-state index is -0.390. The molecule has 1 N–H and O–H groups in total. The molecule has 0 unspecified atom stereocenters. The van der Waals surface area contributed by atoms with E-state index in [-0.39, 0.29) is 17.4 Å². The van der Waals surface area contributed by atoms with E-state index in [0.717, 1.165) is 33.2 Å². The Hall–Kier alpha value is -3.96. The first-order valence-corrected chi connectivity index (χ1v) is 10.8. The quantitative estimate of drug-likeness (QED) is 0.393. The molecule has 1 aliphatic rings. The molecule has 162 valence electrons. The van der Waals surface area contributed by atoms with Gasteiger partial charge in [-0.1, -0.05) is 60.1 Å². The number of hydrogen-bond donors (Lipinski definition) is 1. The summed E-state index contributed by atoms with van der Waals surface area (Å²) in [6.07, 6.45) is 0. The van der Waals surface area contributed by atoms with E-state index in [4.69, 9.17) is 16.3 Å². The van der Waals surface area contributed by atoms with Crippen LogP contribution in [-0.4, -0.2) is 17.4 Å². The lowest BCUT2D eigenvalue weighted by atomic mass is 10.1. The molecule has 0 saturated heterocycles. The third-order valence-corrected chi connectivity index (χ3v) is 6.06. The van der Waals surface area contributed by atoms with Crippen molar-refractivity contribution in [1.82, 2.24) is 5.43 Å². The van der Waals surface area contributed by atoms with Gasteiger partial charge >= 0.3 is 0 Å². The fourth-order valence-electron chi connectivity index (χ4n) is 3.89. The fourth-order valence-corrected chi connectivity index (χ4v) is 4.00. The number of ketones is 1. The maximum absolute atomic E-state index is 12.8. The second-order valence-corrected chi connectivity index (χ2v) is 8.24. The number of halogens is 1. The lowest BCUT2D eigenvalue weighted by molar-refractivity contribution is 0.0955. The van der Waals surface area contributed by atoms with E-state index in [0.29, 0.717) is 22.8 Å². The molecule has 0 bridgehead atoms. The van der Waals surface area contributed by atoms with Gasteiger partial charge in [-0.25, -0.2) is 5.43 Å². The molecule has 6 heteroatoms. The topological polar surface area (TPSA) is 67.8 Å². The number of nitrogens with one attached hydrogen (secondary N) is 1. The first-order chi connectivity index (χ1) is 16.0. The molecule has 4 aromatic rings. The molecular formula is C27H19ClN2O3. The zero-order valence-corrected chi connectivity index (χ0v) is 18.5. The molecule has 5 nitrogen and oxygen atoms in total. The predicted molar refractivity (Wildman–Crippen MR) is 129 cm³/mol. The molecule has 0 aromatic heterocycles. The van der Waals surface area contributed by atoms with Gasteiger partial charge in [-0.05, 0) is 53.8 Å². The molecule has 4 aromatic carbocycles. The number of rotatable bonds is 5. The number of hydrogen-bond acceptors (Lipinski definition) is 4. The summed E-state index contributed by atoms with van der Waals surface area (Å²) in [7, 11) is 0. The molecule has 0 radical (unpaired) electrons. The van der Waals surface area contributed by atoms with Gasteiger partial charge in [0.05, 0.1) is 0 Å². The van der Waals surface area contributed by atoms with E-state index in [1.54, 1.807) is 24.3 Å². The Morgan fingerprint density at radius 3 is 2.42 bits per heavy atom. The Morgan fingerprint density at radius 1 is 0.970 bits per heavy atom. The van der Waals surface area contributed by atoms with Crippen molar-refractivity contribution >= 4 is 39.8 Å². The van der Waals surface area contributed by atoms with E-state index in [9.17, 15) is 9.59 Å². The van der Waals surface area contributed by atoms with Gasteiger partial charge in [-0.2, -0.15) is 5.10 Å². The van der Waals surface area contributed by atoms with Crippen LogP contribution in [0.5, 0.6) is 5.75 Å². The summed E-state index contributed by atoms with van der Waals surface area (Å²) in [5.41, 5.74) is 6.41. The third kappa shape index (κ3) is 3.99. The summed E-state index contributed by atoms with van der Waals surface area (Å²) in [5.74, 6) is 0.151. The van der Waals surface area contributed by atoms with Gasteiger partial charge in [0.2, 0.25) is 5.78 Å². The third-order valence-electron chi connectivity index (χ3n) is 5.64. The summed E-state index contributed by atoms with van der Waals surface area (Å²) in [4.78, 5) is 25.4. The zero-order chi connectivity index (χ0) is 22.9. The van der Waals surface area contributed by atoms with E-state index in [1.165, 1.54) is 0 Å². The molecule has 5 rings (SSSR count). The molecule has 33 heavy (non-hydrogen) atoms. The number of carbonyl (C=O) groups excluding carboxylic acids is 2. The molecular weight excluding hydrogens is 436 g/mol. The van der Waals surface area contributed by atoms with Crippen molar-refractivity contribution in [3.8, 4) is 5.75 Å². The van der Waals surface area contributed by atoms with Gasteiger partial charge in [0.25, 0.3) is 5.91 Å². The normalized spacial score (nSPS) is 13.5. The van der Waals surface area contributed by atoms with Gasteiger partial charge in [0.15, 0.2) is 0 Å². The molecule has 1 aliphatic carbocycles. The van der Waals surface area contributed by atoms with Crippen LogP contribution >= 0.6 is 11.6 Å². The number of ether oxygens (including phenoxy) is 1. The van der Waals surface area contributed by atoms with E-state index in [2.05, 4.69) is 10.5 Å². The standard InChI is InChI=1S/C27H19ClN2O3/c1-16-14-20(12-13-23(16)28)33-15-17-8-10-19(11-9-17)27(32)30-29-25-21-6-2-4-18-5-3-7-22(24(18)21)26(25)31/h2-14H,15H2,1H3,(H,30,32)/b29-25+. The van der Waals surface area contributed by atoms with Crippen molar-refractivity contribution in [3.63, 3.8) is 0 Å². The minimum absolute atomic E-state index is 0.188. The lowest BCUT2D eigenvalue weighted by Crippen LogP contribution is -2.22. The van der Waals surface area contributed by atoms with Crippen LogP contribution in [-0.2, 0) is 6.61 Å². The fraction of sp³-hybridized carbons (Fsp3) is 0.0741. The molecule has 0 atom stereocenters. The second kappa shape index (κ2) is 8.52. The Balaban J connectivity index is 1.27. The molecule has 0 spiro atoms. The monoisotopic (exact) mass is 454 g/mol. The van der Waals surface area contributed by atoms with Crippen molar-refractivity contribution in [2.75, 3.05) is 0 Å². The van der Waals surface area contributed by atoms with E-state index >= 15 is 0 Å². The van der Waals surface area contributed by atoms with Crippen LogP contribution in [0.4, 0.5) is 0 Å². The van der Waals surface area contributed by atoms with Crippen molar-refractivity contribution in [2.24, 2.45) is 5.10 Å². The highest BCUT2D eigenvalue weighted by Gasteiger charge is 2.28. The highest BCUT2D eigenvalue weighted by molar-refractivity contribution is 6.59. The van der Waals surface area contributed by atoms with Gasteiger partial charge in [0.1, 0.15) is 18.1 Å². The number of amides is 1. The number of aryl methyl sites for hydroxylation is 1. The van der Waals surface area contributed by atoms with Crippen LogP contribution in [0.2, 0.25) is 5.02 Å². The lowest BCUT2D eigenvalue weighted by Gasteiger charge is -2.08. The number of carbonyl (C=O) groups is 2. The number of benzene rings is 4. The first kappa shape index (κ1) is 20.9. The van der Waals surface area contributed by atoms with Crippen LogP contribution < -0.4 is 10.2 Å². The number of nitrogens with zero attached hydrogens (tertiary/aromatic N) is 1. The number of hydrazone groups is 1. The van der Waals surface area contributed by atoms with Crippen molar-refractivity contribution in [1.29, 1.82) is 0 Å². The average molecular weight is 455 g/mol. The summed E-state index contributed by atoms with van der Waals surface area (Å²) in [5, 5.41) is 6.71. The summed E-state index contributed by atoms with van der Waals surface area (Å²) in [6, 6.07) is 23.8. The molecule has 0 saturated carbocycles. The molecule has 0 fully saturated rings.